The van der Waals surface area contributed by atoms with Crippen LogP contribution in [0.5, 0.6) is 0 Å². The molecule has 1 aliphatic rings. The van der Waals surface area contributed by atoms with E-state index in [-0.39, 0.29) is 5.92 Å². The molecule has 2 heterocycles. The second-order valence-electron chi connectivity index (χ2n) is 6.38. The number of nitrogens with zero attached hydrogens (tertiary/aromatic N) is 2. The van der Waals surface area contributed by atoms with Crippen LogP contribution in [0.2, 0.25) is 0 Å². The van der Waals surface area contributed by atoms with Gasteiger partial charge in [-0.1, -0.05) is 0 Å². The number of amides is 1. The predicted molar refractivity (Wildman–Crippen MR) is 80.3 cm³/mol. The minimum absolute atomic E-state index is 0.0691. The zero-order chi connectivity index (χ0) is 16.3. The molecule has 1 saturated heterocycles. The number of ether oxygens (including phenoxy) is 2. The molecule has 0 spiro atoms. The fourth-order valence-electron chi connectivity index (χ4n) is 2.59. The zero-order valence-electron chi connectivity index (χ0n) is 13.4. The van der Waals surface area contributed by atoms with Gasteiger partial charge in [0.05, 0.1) is 7.11 Å². The molecule has 0 bridgehead atoms. The molecule has 0 aromatic carbocycles. The lowest BCUT2D eigenvalue weighted by atomic mass is 9.97. The molecule has 22 heavy (non-hydrogen) atoms. The quantitative estimate of drug-likeness (QED) is 0.785. The first kappa shape index (κ1) is 16.3. The molecular weight excluding hydrogens is 284 g/mol. The number of likely N-dealkylation sites (tertiary alicyclic amines) is 1. The second-order valence-corrected chi connectivity index (χ2v) is 6.38. The number of esters is 1. The van der Waals surface area contributed by atoms with Crippen LogP contribution in [0.1, 0.15) is 38.7 Å². The van der Waals surface area contributed by atoms with Crippen molar-refractivity contribution < 1.29 is 19.1 Å². The summed E-state index contributed by atoms with van der Waals surface area (Å²) in [5.74, 6) is -0.345. The van der Waals surface area contributed by atoms with E-state index in [1.165, 1.54) is 12.0 Å². The van der Waals surface area contributed by atoms with Gasteiger partial charge in [-0.3, -0.25) is 9.88 Å². The summed E-state index contributed by atoms with van der Waals surface area (Å²) >= 11 is 0. The number of hydrogen-bond acceptors (Lipinski definition) is 5. The molecule has 120 valence electrons. The summed E-state index contributed by atoms with van der Waals surface area (Å²) in [5.41, 5.74) is 0.446. The Labute approximate surface area is 130 Å². The summed E-state index contributed by atoms with van der Waals surface area (Å²) in [7, 11) is 1.33. The van der Waals surface area contributed by atoms with E-state index in [2.05, 4.69) is 4.98 Å². The van der Waals surface area contributed by atoms with Gasteiger partial charge in [0.1, 0.15) is 11.6 Å². The Morgan fingerprint density at radius 1 is 1.27 bits per heavy atom. The van der Waals surface area contributed by atoms with Crippen LogP contribution in [-0.2, 0) is 14.3 Å². The molecule has 0 radical (unpaired) electrons. The van der Waals surface area contributed by atoms with Crippen molar-refractivity contribution in [2.24, 2.45) is 0 Å². The third-order valence-corrected chi connectivity index (χ3v) is 3.58. The Morgan fingerprint density at radius 2 is 1.91 bits per heavy atom. The SMILES string of the molecule is COC(=O)[C@H]1C[C@@H](c2ccncc2)CN1C(=O)OC(C)(C)C. The van der Waals surface area contributed by atoms with E-state index in [0.717, 1.165) is 5.56 Å². The maximum absolute atomic E-state index is 12.4. The summed E-state index contributed by atoms with van der Waals surface area (Å²) < 4.78 is 10.2. The first-order valence-corrected chi connectivity index (χ1v) is 7.29. The lowest BCUT2D eigenvalue weighted by Gasteiger charge is -2.27. The highest BCUT2D eigenvalue weighted by Gasteiger charge is 2.42. The minimum Gasteiger partial charge on any atom is -0.467 e. The van der Waals surface area contributed by atoms with Crippen molar-refractivity contribution in [1.29, 1.82) is 0 Å². The number of aromatic nitrogens is 1. The van der Waals surface area contributed by atoms with E-state index in [9.17, 15) is 9.59 Å². The van der Waals surface area contributed by atoms with E-state index in [4.69, 9.17) is 9.47 Å². The van der Waals surface area contributed by atoms with Crippen LogP contribution in [-0.4, -0.2) is 47.2 Å². The number of carbonyl (C=O) groups is 2. The highest BCUT2D eigenvalue weighted by molar-refractivity contribution is 5.82. The summed E-state index contributed by atoms with van der Waals surface area (Å²) in [6.45, 7) is 5.83. The monoisotopic (exact) mass is 306 g/mol. The lowest BCUT2D eigenvalue weighted by Crippen LogP contribution is -2.43. The van der Waals surface area contributed by atoms with Gasteiger partial charge in [-0.05, 0) is 44.9 Å². The molecule has 0 N–H and O–H groups in total. The van der Waals surface area contributed by atoms with Gasteiger partial charge in [0.2, 0.25) is 0 Å². The second kappa shape index (κ2) is 6.34. The Bertz CT molecular complexity index is 539. The predicted octanol–water partition coefficient (Wildman–Crippen LogP) is 2.35. The Hall–Kier alpha value is -2.11. The van der Waals surface area contributed by atoms with Gasteiger partial charge in [-0.15, -0.1) is 0 Å². The van der Waals surface area contributed by atoms with Crippen LogP contribution in [0.4, 0.5) is 4.79 Å². The van der Waals surface area contributed by atoms with Crippen LogP contribution in [0.3, 0.4) is 0 Å². The Balaban J connectivity index is 2.19. The molecule has 1 amide bonds. The first-order chi connectivity index (χ1) is 10.3. The van der Waals surface area contributed by atoms with Crippen molar-refractivity contribution in [2.75, 3.05) is 13.7 Å². The van der Waals surface area contributed by atoms with Crippen molar-refractivity contribution in [3.05, 3.63) is 30.1 Å². The molecule has 0 saturated carbocycles. The van der Waals surface area contributed by atoms with Gasteiger partial charge >= 0.3 is 12.1 Å². The average Bonchev–Trinajstić information content (AvgIpc) is 2.91. The number of methoxy groups -OCH3 is 1. The Kier molecular flexibility index (Phi) is 4.68. The first-order valence-electron chi connectivity index (χ1n) is 7.29. The van der Waals surface area contributed by atoms with Gasteiger partial charge in [-0.2, -0.15) is 0 Å². The maximum atomic E-state index is 12.4. The third-order valence-electron chi connectivity index (χ3n) is 3.58. The number of hydrogen-bond donors (Lipinski definition) is 0. The van der Waals surface area contributed by atoms with Gasteiger partial charge in [0, 0.05) is 24.9 Å². The molecule has 6 nitrogen and oxygen atoms in total. The van der Waals surface area contributed by atoms with E-state index >= 15 is 0 Å². The van der Waals surface area contributed by atoms with E-state index in [1.54, 1.807) is 33.2 Å². The molecule has 0 aliphatic carbocycles. The van der Waals surface area contributed by atoms with Crippen molar-refractivity contribution in [3.8, 4) is 0 Å². The minimum atomic E-state index is -0.613. The number of carbonyl (C=O) groups excluding carboxylic acids is 2. The summed E-state index contributed by atoms with van der Waals surface area (Å²) in [5, 5.41) is 0. The largest absolute Gasteiger partial charge is 0.467 e. The highest BCUT2D eigenvalue weighted by atomic mass is 16.6. The molecule has 1 aromatic heterocycles. The van der Waals surface area contributed by atoms with E-state index in [1.807, 2.05) is 12.1 Å². The summed E-state index contributed by atoms with van der Waals surface area (Å²) in [6, 6.07) is 3.19. The maximum Gasteiger partial charge on any atom is 0.411 e. The van der Waals surface area contributed by atoms with Crippen molar-refractivity contribution in [1.82, 2.24) is 9.88 Å². The van der Waals surface area contributed by atoms with Crippen LogP contribution >= 0.6 is 0 Å². The molecule has 6 heteroatoms. The van der Waals surface area contributed by atoms with Crippen molar-refractivity contribution in [2.45, 2.75) is 44.8 Å². The molecule has 1 fully saturated rings. The van der Waals surface area contributed by atoms with E-state index in [0.29, 0.717) is 13.0 Å². The van der Waals surface area contributed by atoms with E-state index < -0.39 is 23.7 Å². The topological polar surface area (TPSA) is 68.7 Å². The molecule has 0 unspecified atom stereocenters. The van der Waals surface area contributed by atoms with Gasteiger partial charge in [0.15, 0.2) is 0 Å². The summed E-state index contributed by atoms with van der Waals surface area (Å²) in [6.07, 6.45) is 3.45. The van der Waals surface area contributed by atoms with Crippen LogP contribution in [0, 0.1) is 0 Å². The molecular formula is C16H22N2O4. The lowest BCUT2D eigenvalue weighted by molar-refractivity contribution is -0.145. The van der Waals surface area contributed by atoms with Crippen LogP contribution < -0.4 is 0 Å². The molecule has 2 atom stereocenters. The Morgan fingerprint density at radius 3 is 2.45 bits per heavy atom. The normalized spacial score (nSPS) is 21.5. The van der Waals surface area contributed by atoms with Crippen LogP contribution in [0.25, 0.3) is 0 Å². The zero-order valence-corrected chi connectivity index (χ0v) is 13.4. The summed E-state index contributed by atoms with van der Waals surface area (Å²) in [4.78, 5) is 29.8. The third kappa shape index (κ3) is 3.75. The van der Waals surface area contributed by atoms with Gasteiger partial charge < -0.3 is 9.47 Å². The average molecular weight is 306 g/mol. The highest BCUT2D eigenvalue weighted by Crippen LogP contribution is 2.33. The molecule has 1 aromatic rings. The van der Waals surface area contributed by atoms with Crippen LogP contribution in [0.15, 0.2) is 24.5 Å². The fourth-order valence-corrected chi connectivity index (χ4v) is 2.59. The number of pyridine rings is 1. The molecule has 1 aliphatic heterocycles. The molecule has 2 rings (SSSR count). The fraction of sp³-hybridized carbons (Fsp3) is 0.562. The number of rotatable bonds is 2. The van der Waals surface area contributed by atoms with Gasteiger partial charge in [-0.25, -0.2) is 9.59 Å². The van der Waals surface area contributed by atoms with Crippen molar-refractivity contribution >= 4 is 12.1 Å². The van der Waals surface area contributed by atoms with Gasteiger partial charge in [0.25, 0.3) is 0 Å². The van der Waals surface area contributed by atoms with Crippen molar-refractivity contribution in [3.63, 3.8) is 0 Å². The standard InChI is InChI=1S/C16H22N2O4/c1-16(2,3)22-15(20)18-10-12(9-13(18)14(19)21-4)11-5-7-17-8-6-11/h5-8,12-13H,9-10H2,1-4H3/t12-,13-/m1/s1. The smallest absolute Gasteiger partial charge is 0.411 e.